The van der Waals surface area contributed by atoms with Crippen LogP contribution in [0.15, 0.2) is 18.2 Å². The molecule has 96 valence electrons. The first-order valence-corrected chi connectivity index (χ1v) is 5.57. The molecule has 17 heavy (non-hydrogen) atoms. The number of aliphatic hydroxyl groups is 1. The lowest BCUT2D eigenvalue weighted by Gasteiger charge is -2.22. The van der Waals surface area contributed by atoms with Crippen LogP contribution < -0.4 is 10.6 Å². The van der Waals surface area contributed by atoms with Gasteiger partial charge in [0.05, 0.1) is 19.8 Å². The van der Waals surface area contributed by atoms with Gasteiger partial charge in [0.15, 0.2) is 0 Å². The SMILES string of the molecule is CN(CCOCCO)c1ccc(F)cc1CN. The number of nitrogens with two attached hydrogens (primary N) is 1. The Balaban J connectivity index is 2.58. The minimum Gasteiger partial charge on any atom is -0.394 e. The fourth-order valence-corrected chi connectivity index (χ4v) is 1.58. The Labute approximate surface area is 101 Å². The second-order valence-corrected chi connectivity index (χ2v) is 3.73. The lowest BCUT2D eigenvalue weighted by atomic mass is 10.1. The van der Waals surface area contributed by atoms with Crippen molar-refractivity contribution >= 4 is 5.69 Å². The molecule has 0 atom stereocenters. The van der Waals surface area contributed by atoms with Crippen molar-refractivity contribution in [3.8, 4) is 0 Å². The van der Waals surface area contributed by atoms with Crippen molar-refractivity contribution in [1.29, 1.82) is 0 Å². The minimum absolute atomic E-state index is 0.0221. The van der Waals surface area contributed by atoms with Crippen LogP contribution in [0.5, 0.6) is 0 Å². The molecule has 1 aromatic rings. The number of ether oxygens (including phenoxy) is 1. The van der Waals surface area contributed by atoms with E-state index in [-0.39, 0.29) is 12.4 Å². The molecule has 0 aliphatic heterocycles. The summed E-state index contributed by atoms with van der Waals surface area (Å²) in [6, 6.07) is 4.57. The molecule has 0 spiro atoms. The highest BCUT2D eigenvalue weighted by molar-refractivity contribution is 5.53. The molecule has 1 rings (SSSR count). The molecule has 1 aromatic carbocycles. The number of hydrogen-bond acceptors (Lipinski definition) is 4. The number of likely N-dealkylation sites (N-methyl/N-ethyl adjacent to an activating group) is 1. The molecule has 0 saturated heterocycles. The van der Waals surface area contributed by atoms with Gasteiger partial charge in [-0.2, -0.15) is 0 Å². The molecule has 3 N–H and O–H groups in total. The van der Waals surface area contributed by atoms with Crippen LogP contribution in [-0.4, -0.2) is 38.5 Å². The zero-order valence-corrected chi connectivity index (χ0v) is 10.0. The van der Waals surface area contributed by atoms with E-state index in [0.717, 1.165) is 11.3 Å². The molecule has 0 radical (unpaired) electrons. The molecule has 5 heteroatoms. The quantitative estimate of drug-likeness (QED) is 0.692. The average molecular weight is 242 g/mol. The Morgan fingerprint density at radius 1 is 1.41 bits per heavy atom. The Bertz CT molecular complexity index is 347. The fraction of sp³-hybridized carbons (Fsp3) is 0.500. The summed E-state index contributed by atoms with van der Waals surface area (Å²) in [5.41, 5.74) is 7.25. The van der Waals surface area contributed by atoms with E-state index < -0.39 is 0 Å². The Morgan fingerprint density at radius 2 is 2.18 bits per heavy atom. The van der Waals surface area contributed by atoms with Gasteiger partial charge >= 0.3 is 0 Å². The highest BCUT2D eigenvalue weighted by atomic mass is 19.1. The maximum atomic E-state index is 13.0. The molecule has 4 nitrogen and oxygen atoms in total. The van der Waals surface area contributed by atoms with Crippen LogP contribution in [0.1, 0.15) is 5.56 Å². The van der Waals surface area contributed by atoms with Crippen molar-refractivity contribution in [2.24, 2.45) is 5.73 Å². The molecule has 0 aliphatic rings. The van der Waals surface area contributed by atoms with Crippen molar-refractivity contribution in [3.63, 3.8) is 0 Å². The summed E-state index contributed by atoms with van der Waals surface area (Å²) in [5, 5.41) is 8.56. The number of benzene rings is 1. The summed E-state index contributed by atoms with van der Waals surface area (Å²) < 4.78 is 18.2. The van der Waals surface area contributed by atoms with E-state index in [1.807, 2.05) is 11.9 Å². The van der Waals surface area contributed by atoms with Gasteiger partial charge in [-0.1, -0.05) is 0 Å². The second kappa shape index (κ2) is 7.21. The smallest absolute Gasteiger partial charge is 0.123 e. The summed E-state index contributed by atoms with van der Waals surface area (Å²) in [6.07, 6.45) is 0. The zero-order valence-electron chi connectivity index (χ0n) is 10.0. The summed E-state index contributed by atoms with van der Waals surface area (Å²) in [4.78, 5) is 1.96. The second-order valence-electron chi connectivity index (χ2n) is 3.73. The highest BCUT2D eigenvalue weighted by Crippen LogP contribution is 2.19. The number of nitrogens with zero attached hydrogens (tertiary/aromatic N) is 1. The Hall–Kier alpha value is -1.17. The first-order chi connectivity index (χ1) is 8.19. The third kappa shape index (κ3) is 4.30. The molecule has 0 amide bonds. The van der Waals surface area contributed by atoms with Gasteiger partial charge in [-0.25, -0.2) is 4.39 Å². The molecular weight excluding hydrogens is 223 g/mol. The lowest BCUT2D eigenvalue weighted by molar-refractivity contribution is 0.0971. The minimum atomic E-state index is -0.279. The number of aliphatic hydroxyl groups excluding tert-OH is 1. The predicted molar refractivity (Wildman–Crippen MR) is 65.5 cm³/mol. The van der Waals surface area contributed by atoms with Crippen LogP contribution in [0.25, 0.3) is 0 Å². The van der Waals surface area contributed by atoms with Gasteiger partial charge in [0.1, 0.15) is 5.82 Å². The molecule has 0 aromatic heterocycles. The van der Waals surface area contributed by atoms with Crippen LogP contribution in [0.2, 0.25) is 0 Å². The van der Waals surface area contributed by atoms with E-state index in [2.05, 4.69) is 0 Å². The summed E-state index contributed by atoms with van der Waals surface area (Å²) in [5.74, 6) is -0.279. The maximum Gasteiger partial charge on any atom is 0.123 e. The van der Waals surface area contributed by atoms with Gasteiger partial charge in [0.2, 0.25) is 0 Å². The average Bonchev–Trinajstić information content (AvgIpc) is 2.34. The molecular formula is C12H19FN2O2. The Morgan fingerprint density at radius 3 is 2.82 bits per heavy atom. The standard InChI is InChI=1S/C12H19FN2O2/c1-15(4-6-17-7-5-16)12-3-2-11(13)8-10(12)9-14/h2-3,8,16H,4-7,9,14H2,1H3. The van der Waals surface area contributed by atoms with E-state index in [9.17, 15) is 4.39 Å². The van der Waals surface area contributed by atoms with Gasteiger partial charge < -0.3 is 20.5 Å². The van der Waals surface area contributed by atoms with Crippen molar-refractivity contribution in [2.75, 3.05) is 38.3 Å². The van der Waals surface area contributed by atoms with Gasteiger partial charge in [-0.05, 0) is 23.8 Å². The van der Waals surface area contributed by atoms with E-state index in [0.29, 0.717) is 26.3 Å². The maximum absolute atomic E-state index is 13.0. The monoisotopic (exact) mass is 242 g/mol. The van der Waals surface area contributed by atoms with Gasteiger partial charge in [0.25, 0.3) is 0 Å². The van der Waals surface area contributed by atoms with Gasteiger partial charge in [-0.3, -0.25) is 0 Å². The number of hydrogen-bond donors (Lipinski definition) is 2. The fourth-order valence-electron chi connectivity index (χ4n) is 1.58. The first-order valence-electron chi connectivity index (χ1n) is 5.57. The van der Waals surface area contributed by atoms with Crippen molar-refractivity contribution in [3.05, 3.63) is 29.6 Å². The van der Waals surface area contributed by atoms with E-state index >= 15 is 0 Å². The van der Waals surface area contributed by atoms with Crippen LogP contribution in [-0.2, 0) is 11.3 Å². The van der Waals surface area contributed by atoms with E-state index in [1.54, 1.807) is 6.07 Å². The van der Waals surface area contributed by atoms with Crippen LogP contribution in [0.4, 0.5) is 10.1 Å². The third-order valence-corrected chi connectivity index (χ3v) is 2.48. The summed E-state index contributed by atoms with van der Waals surface area (Å²) >= 11 is 0. The van der Waals surface area contributed by atoms with Crippen LogP contribution in [0, 0.1) is 5.82 Å². The number of rotatable bonds is 7. The molecule has 0 saturated carbocycles. The van der Waals surface area contributed by atoms with Crippen molar-refractivity contribution < 1.29 is 14.2 Å². The van der Waals surface area contributed by atoms with Crippen molar-refractivity contribution in [1.82, 2.24) is 0 Å². The van der Waals surface area contributed by atoms with Crippen LogP contribution >= 0.6 is 0 Å². The topological polar surface area (TPSA) is 58.7 Å². The summed E-state index contributed by atoms with van der Waals surface area (Å²) in [6.45, 7) is 1.83. The molecule has 0 fully saturated rings. The predicted octanol–water partition coefficient (Wildman–Crippen LogP) is 0.729. The summed E-state index contributed by atoms with van der Waals surface area (Å²) in [7, 11) is 1.90. The molecule has 0 unspecified atom stereocenters. The lowest BCUT2D eigenvalue weighted by Crippen LogP contribution is -2.24. The Kier molecular flexibility index (Phi) is 5.90. The van der Waals surface area contributed by atoms with E-state index in [4.69, 9.17) is 15.6 Å². The third-order valence-electron chi connectivity index (χ3n) is 2.48. The van der Waals surface area contributed by atoms with Crippen molar-refractivity contribution in [2.45, 2.75) is 6.54 Å². The van der Waals surface area contributed by atoms with Crippen LogP contribution in [0.3, 0.4) is 0 Å². The largest absolute Gasteiger partial charge is 0.394 e. The number of halogens is 1. The molecule has 0 aliphatic carbocycles. The highest BCUT2D eigenvalue weighted by Gasteiger charge is 2.07. The van der Waals surface area contributed by atoms with Gasteiger partial charge in [-0.15, -0.1) is 0 Å². The zero-order chi connectivity index (χ0) is 12.7. The van der Waals surface area contributed by atoms with E-state index in [1.165, 1.54) is 12.1 Å². The number of anilines is 1. The normalized spacial score (nSPS) is 10.6. The molecule has 0 heterocycles. The van der Waals surface area contributed by atoms with Gasteiger partial charge in [0, 0.05) is 25.8 Å². The first kappa shape index (κ1) is 13.9. The molecule has 0 bridgehead atoms.